The van der Waals surface area contributed by atoms with Gasteiger partial charge in [-0.05, 0) is 27.0 Å². The summed E-state index contributed by atoms with van der Waals surface area (Å²) in [6.07, 6.45) is 2.01. The number of carbonyl (C=O) groups excluding carboxylic acids is 2. The van der Waals surface area contributed by atoms with Crippen LogP contribution in [-0.4, -0.2) is 46.8 Å². The molecule has 1 rings (SSSR count). The largest absolute Gasteiger partial charge is 0.345 e. The van der Waals surface area contributed by atoms with Crippen molar-refractivity contribution in [3.05, 3.63) is 0 Å². The summed E-state index contributed by atoms with van der Waals surface area (Å²) in [6.45, 7) is 6.66. The zero-order valence-electron chi connectivity index (χ0n) is 9.66. The lowest BCUT2D eigenvalue weighted by Gasteiger charge is -2.37. The van der Waals surface area contributed by atoms with Gasteiger partial charge in [-0.3, -0.25) is 9.59 Å². The second-order valence-electron chi connectivity index (χ2n) is 4.38. The van der Waals surface area contributed by atoms with Crippen molar-refractivity contribution in [2.45, 2.75) is 31.6 Å². The van der Waals surface area contributed by atoms with E-state index in [1.54, 1.807) is 23.6 Å². The Morgan fingerprint density at radius 2 is 2.13 bits per heavy atom. The SMILES string of the molecule is CSC(C)(C)CN1C(=O)CNC(=O)C1C. The van der Waals surface area contributed by atoms with Gasteiger partial charge in [0.2, 0.25) is 11.8 Å². The predicted octanol–water partition coefficient (Wildman–Crippen LogP) is 0.475. The van der Waals surface area contributed by atoms with Crippen molar-refractivity contribution in [3.8, 4) is 0 Å². The minimum Gasteiger partial charge on any atom is -0.345 e. The molecule has 0 aliphatic carbocycles. The van der Waals surface area contributed by atoms with Crippen LogP contribution < -0.4 is 5.32 Å². The van der Waals surface area contributed by atoms with E-state index in [4.69, 9.17) is 0 Å². The molecule has 0 spiro atoms. The first-order chi connectivity index (χ1) is 6.87. The lowest BCUT2D eigenvalue weighted by Crippen LogP contribution is -2.59. The van der Waals surface area contributed by atoms with Crippen LogP contribution in [0.15, 0.2) is 0 Å². The molecular weight excluding hydrogens is 212 g/mol. The molecule has 1 aliphatic rings. The van der Waals surface area contributed by atoms with Crippen molar-refractivity contribution < 1.29 is 9.59 Å². The van der Waals surface area contributed by atoms with Gasteiger partial charge in [0.15, 0.2) is 0 Å². The van der Waals surface area contributed by atoms with Crippen LogP contribution in [0.1, 0.15) is 20.8 Å². The standard InChI is InChI=1S/C10H18N2O2S/c1-7-9(14)11-5-8(13)12(7)6-10(2,3)15-4/h7H,5-6H2,1-4H3,(H,11,14). The van der Waals surface area contributed by atoms with Crippen LogP contribution >= 0.6 is 11.8 Å². The molecule has 1 saturated heterocycles. The van der Waals surface area contributed by atoms with E-state index in [1.165, 1.54) is 0 Å². The molecule has 0 aromatic heterocycles. The molecule has 0 aromatic carbocycles. The van der Waals surface area contributed by atoms with E-state index >= 15 is 0 Å². The highest BCUT2D eigenvalue weighted by atomic mass is 32.2. The van der Waals surface area contributed by atoms with Crippen LogP contribution in [0.25, 0.3) is 0 Å². The summed E-state index contributed by atoms with van der Waals surface area (Å²) in [7, 11) is 0. The van der Waals surface area contributed by atoms with Gasteiger partial charge < -0.3 is 10.2 Å². The van der Waals surface area contributed by atoms with Crippen LogP contribution in [0.3, 0.4) is 0 Å². The Labute approximate surface area is 94.8 Å². The molecular formula is C10H18N2O2S. The van der Waals surface area contributed by atoms with E-state index in [0.717, 1.165) is 0 Å². The van der Waals surface area contributed by atoms with Crippen LogP contribution in [0.5, 0.6) is 0 Å². The van der Waals surface area contributed by atoms with Crippen LogP contribution in [-0.2, 0) is 9.59 Å². The number of nitrogens with one attached hydrogen (secondary N) is 1. The van der Waals surface area contributed by atoms with Gasteiger partial charge in [-0.2, -0.15) is 11.8 Å². The molecule has 5 heteroatoms. The minimum atomic E-state index is -0.349. The molecule has 2 amide bonds. The van der Waals surface area contributed by atoms with Crippen molar-refractivity contribution in [2.75, 3.05) is 19.3 Å². The highest BCUT2D eigenvalue weighted by Gasteiger charge is 2.34. The number of hydrogen-bond acceptors (Lipinski definition) is 3. The molecule has 86 valence electrons. The number of carbonyl (C=O) groups is 2. The van der Waals surface area contributed by atoms with Gasteiger partial charge in [0, 0.05) is 11.3 Å². The van der Waals surface area contributed by atoms with Gasteiger partial charge in [0.05, 0.1) is 6.54 Å². The number of thioether (sulfide) groups is 1. The fourth-order valence-electron chi connectivity index (χ4n) is 1.47. The van der Waals surface area contributed by atoms with Crippen LogP contribution in [0, 0.1) is 0 Å². The summed E-state index contributed by atoms with van der Waals surface area (Å²) in [4.78, 5) is 24.7. The molecule has 1 fully saturated rings. The third-order valence-electron chi connectivity index (χ3n) is 2.68. The van der Waals surface area contributed by atoms with Crippen molar-refractivity contribution in [1.29, 1.82) is 0 Å². The molecule has 1 heterocycles. The second-order valence-corrected chi connectivity index (χ2v) is 5.89. The zero-order valence-corrected chi connectivity index (χ0v) is 10.5. The van der Waals surface area contributed by atoms with Crippen molar-refractivity contribution in [1.82, 2.24) is 10.2 Å². The fourth-order valence-corrected chi connectivity index (χ4v) is 1.74. The van der Waals surface area contributed by atoms with Gasteiger partial charge in [-0.25, -0.2) is 0 Å². The number of hydrogen-bond donors (Lipinski definition) is 1. The summed E-state index contributed by atoms with van der Waals surface area (Å²) in [5.74, 6) is -0.0595. The number of piperazine rings is 1. The molecule has 1 atom stereocenters. The number of rotatable bonds is 3. The van der Waals surface area contributed by atoms with E-state index in [2.05, 4.69) is 19.2 Å². The first-order valence-corrected chi connectivity index (χ1v) is 6.22. The Bertz CT molecular complexity index is 279. The normalized spacial score (nSPS) is 22.9. The summed E-state index contributed by atoms with van der Waals surface area (Å²) in [6, 6.07) is -0.349. The highest BCUT2D eigenvalue weighted by molar-refractivity contribution is 7.99. The molecule has 0 saturated carbocycles. The topological polar surface area (TPSA) is 49.4 Å². The quantitative estimate of drug-likeness (QED) is 0.767. The van der Waals surface area contributed by atoms with E-state index in [-0.39, 0.29) is 29.1 Å². The van der Waals surface area contributed by atoms with Gasteiger partial charge >= 0.3 is 0 Å². The summed E-state index contributed by atoms with van der Waals surface area (Å²) < 4.78 is -0.0124. The third kappa shape index (κ3) is 2.87. The lowest BCUT2D eigenvalue weighted by atomic mass is 10.1. The number of nitrogens with zero attached hydrogens (tertiary/aromatic N) is 1. The average molecular weight is 230 g/mol. The Hall–Kier alpha value is -0.710. The van der Waals surface area contributed by atoms with E-state index in [9.17, 15) is 9.59 Å². The smallest absolute Gasteiger partial charge is 0.242 e. The lowest BCUT2D eigenvalue weighted by molar-refractivity contribution is -0.145. The van der Waals surface area contributed by atoms with Crippen molar-refractivity contribution >= 4 is 23.6 Å². The Morgan fingerprint density at radius 1 is 1.53 bits per heavy atom. The Kier molecular flexibility index (Phi) is 3.65. The highest BCUT2D eigenvalue weighted by Crippen LogP contribution is 2.24. The van der Waals surface area contributed by atoms with E-state index < -0.39 is 0 Å². The van der Waals surface area contributed by atoms with Gasteiger partial charge in [0.25, 0.3) is 0 Å². The maximum absolute atomic E-state index is 11.6. The van der Waals surface area contributed by atoms with E-state index in [0.29, 0.717) is 6.54 Å². The average Bonchev–Trinajstić information content (AvgIpc) is 2.19. The maximum Gasteiger partial charge on any atom is 0.242 e. The molecule has 0 radical (unpaired) electrons. The summed E-state index contributed by atoms with van der Waals surface area (Å²) in [5, 5.41) is 2.58. The molecule has 1 aliphatic heterocycles. The maximum atomic E-state index is 11.6. The summed E-state index contributed by atoms with van der Waals surface area (Å²) in [5.41, 5.74) is 0. The molecule has 0 bridgehead atoms. The monoisotopic (exact) mass is 230 g/mol. The van der Waals surface area contributed by atoms with Gasteiger partial charge in [-0.15, -0.1) is 0 Å². The van der Waals surface area contributed by atoms with Crippen molar-refractivity contribution in [3.63, 3.8) is 0 Å². The third-order valence-corrected chi connectivity index (χ3v) is 3.92. The molecule has 1 N–H and O–H groups in total. The zero-order chi connectivity index (χ0) is 11.6. The van der Waals surface area contributed by atoms with Gasteiger partial charge in [0.1, 0.15) is 6.04 Å². The Balaban J connectivity index is 2.73. The first kappa shape index (κ1) is 12.4. The molecule has 0 aromatic rings. The number of amides is 2. The predicted molar refractivity (Wildman–Crippen MR) is 61.8 cm³/mol. The fraction of sp³-hybridized carbons (Fsp3) is 0.800. The first-order valence-electron chi connectivity index (χ1n) is 5.00. The van der Waals surface area contributed by atoms with Gasteiger partial charge in [-0.1, -0.05) is 0 Å². The Morgan fingerprint density at radius 3 is 2.67 bits per heavy atom. The van der Waals surface area contributed by atoms with Crippen LogP contribution in [0.2, 0.25) is 0 Å². The molecule has 4 nitrogen and oxygen atoms in total. The molecule has 15 heavy (non-hydrogen) atoms. The van der Waals surface area contributed by atoms with Crippen molar-refractivity contribution in [2.24, 2.45) is 0 Å². The van der Waals surface area contributed by atoms with Crippen LogP contribution in [0.4, 0.5) is 0 Å². The van der Waals surface area contributed by atoms with E-state index in [1.807, 2.05) is 6.26 Å². The molecule has 1 unspecified atom stereocenters. The minimum absolute atomic E-state index is 0.00391. The second kappa shape index (κ2) is 4.43. The summed E-state index contributed by atoms with van der Waals surface area (Å²) >= 11 is 1.70.